The van der Waals surface area contributed by atoms with Crippen molar-refractivity contribution >= 4 is 16.8 Å². The van der Waals surface area contributed by atoms with E-state index < -0.39 is 0 Å². The predicted molar refractivity (Wildman–Crippen MR) is 90.3 cm³/mol. The molecule has 0 aliphatic rings. The summed E-state index contributed by atoms with van der Waals surface area (Å²) in [5, 5.41) is 3.87. The van der Waals surface area contributed by atoms with Gasteiger partial charge in [0.05, 0.1) is 0 Å². The third-order valence-corrected chi connectivity index (χ3v) is 4.06. The summed E-state index contributed by atoms with van der Waals surface area (Å²) < 4.78 is 2.19. The minimum absolute atomic E-state index is 0.0394. The number of aromatic nitrogens is 1. The fourth-order valence-electron chi connectivity index (χ4n) is 2.76. The normalized spacial score (nSPS) is 10.9. The Morgan fingerprint density at radius 1 is 1.09 bits per heavy atom. The second kappa shape index (κ2) is 5.68. The van der Waals surface area contributed by atoms with Crippen molar-refractivity contribution < 1.29 is 4.79 Å². The van der Waals surface area contributed by atoms with E-state index in [2.05, 4.69) is 59.4 Å². The van der Waals surface area contributed by atoms with Crippen LogP contribution in [0.1, 0.15) is 27.0 Å². The molecule has 1 amide bonds. The van der Waals surface area contributed by atoms with Crippen molar-refractivity contribution in [1.82, 2.24) is 9.88 Å². The molecule has 3 nitrogen and oxygen atoms in total. The molecule has 0 bridgehead atoms. The number of aryl methyl sites for hydroxylation is 2. The van der Waals surface area contributed by atoms with E-state index in [9.17, 15) is 4.79 Å². The Bertz CT molecular complexity index is 829. The molecule has 0 fully saturated rings. The van der Waals surface area contributed by atoms with Gasteiger partial charge in [-0.2, -0.15) is 0 Å². The molecule has 0 aliphatic heterocycles. The second-order valence-electron chi connectivity index (χ2n) is 5.73. The Kier molecular flexibility index (Phi) is 3.72. The quantitative estimate of drug-likeness (QED) is 0.785. The van der Waals surface area contributed by atoms with E-state index in [1.54, 1.807) is 7.05 Å². The number of rotatable bonds is 3. The SMILES string of the molecule is CNC(=O)c1cc2c(ccn2Cc2ccc(C)cc2)cc1C. The smallest absolute Gasteiger partial charge is 0.251 e. The predicted octanol–water partition coefficient (Wildman–Crippen LogP) is 3.67. The molecule has 0 saturated carbocycles. The van der Waals surface area contributed by atoms with Crippen LogP contribution in [0.5, 0.6) is 0 Å². The van der Waals surface area contributed by atoms with E-state index in [1.807, 2.05) is 13.0 Å². The van der Waals surface area contributed by atoms with Crippen LogP contribution in [0.2, 0.25) is 0 Å². The first-order chi connectivity index (χ1) is 10.6. The van der Waals surface area contributed by atoms with E-state index in [-0.39, 0.29) is 5.91 Å². The molecule has 112 valence electrons. The summed E-state index contributed by atoms with van der Waals surface area (Å²) in [6, 6.07) is 14.7. The number of benzene rings is 2. The second-order valence-corrected chi connectivity index (χ2v) is 5.73. The fraction of sp³-hybridized carbons (Fsp3) is 0.211. The summed E-state index contributed by atoms with van der Waals surface area (Å²) in [4.78, 5) is 12.0. The number of nitrogens with one attached hydrogen (secondary N) is 1. The molecule has 3 rings (SSSR count). The van der Waals surface area contributed by atoms with Gasteiger partial charge < -0.3 is 9.88 Å². The maximum atomic E-state index is 12.0. The molecule has 0 radical (unpaired) electrons. The van der Waals surface area contributed by atoms with Crippen LogP contribution in [0.15, 0.2) is 48.7 Å². The lowest BCUT2D eigenvalue weighted by Gasteiger charge is -2.09. The Morgan fingerprint density at radius 3 is 2.50 bits per heavy atom. The number of hydrogen-bond acceptors (Lipinski definition) is 1. The molecule has 0 unspecified atom stereocenters. The van der Waals surface area contributed by atoms with Crippen molar-refractivity contribution in [2.75, 3.05) is 7.05 Å². The van der Waals surface area contributed by atoms with Gasteiger partial charge in [-0.3, -0.25) is 4.79 Å². The van der Waals surface area contributed by atoms with Crippen molar-refractivity contribution in [3.63, 3.8) is 0 Å². The first-order valence-corrected chi connectivity index (χ1v) is 7.45. The number of amides is 1. The van der Waals surface area contributed by atoms with Crippen molar-refractivity contribution in [1.29, 1.82) is 0 Å². The van der Waals surface area contributed by atoms with E-state index >= 15 is 0 Å². The van der Waals surface area contributed by atoms with Crippen LogP contribution in [0.25, 0.3) is 10.9 Å². The molecule has 1 aromatic heterocycles. The third kappa shape index (κ3) is 2.62. The molecule has 1 N–H and O–H groups in total. The Balaban J connectivity index is 2.03. The molecular weight excluding hydrogens is 272 g/mol. The molecule has 0 aliphatic carbocycles. The Hall–Kier alpha value is -2.55. The zero-order chi connectivity index (χ0) is 15.7. The van der Waals surface area contributed by atoms with E-state index in [0.717, 1.165) is 28.6 Å². The molecular formula is C19H20N2O. The molecule has 1 heterocycles. The zero-order valence-electron chi connectivity index (χ0n) is 13.2. The van der Waals surface area contributed by atoms with Crippen molar-refractivity contribution in [2.45, 2.75) is 20.4 Å². The molecule has 0 saturated heterocycles. The summed E-state index contributed by atoms with van der Waals surface area (Å²) in [6.07, 6.45) is 2.08. The Labute approximate surface area is 130 Å². The van der Waals surface area contributed by atoms with Gasteiger partial charge >= 0.3 is 0 Å². The van der Waals surface area contributed by atoms with Gasteiger partial charge in [0.2, 0.25) is 0 Å². The average Bonchev–Trinajstić information content (AvgIpc) is 2.90. The molecule has 2 aromatic carbocycles. The van der Waals surface area contributed by atoms with Crippen LogP contribution in [-0.2, 0) is 6.54 Å². The minimum Gasteiger partial charge on any atom is -0.355 e. The lowest BCUT2D eigenvalue weighted by Crippen LogP contribution is -2.19. The summed E-state index contributed by atoms with van der Waals surface area (Å²) in [5.41, 5.74) is 5.34. The van der Waals surface area contributed by atoms with Crippen LogP contribution < -0.4 is 5.32 Å². The summed E-state index contributed by atoms with van der Waals surface area (Å²) in [7, 11) is 1.66. The van der Waals surface area contributed by atoms with Gasteiger partial charge in [0.1, 0.15) is 0 Å². The molecule has 3 aromatic rings. The number of fused-ring (bicyclic) bond motifs is 1. The number of nitrogens with zero attached hydrogens (tertiary/aromatic N) is 1. The minimum atomic E-state index is -0.0394. The standard InChI is InChI=1S/C19H20N2O/c1-13-4-6-15(7-5-13)12-21-9-8-16-10-14(2)17(11-18(16)21)19(22)20-3/h4-11H,12H2,1-3H3,(H,20,22). The number of hydrogen-bond donors (Lipinski definition) is 1. The van der Waals surface area contributed by atoms with Crippen molar-refractivity contribution in [3.8, 4) is 0 Å². The van der Waals surface area contributed by atoms with Crippen LogP contribution in [0.3, 0.4) is 0 Å². The molecule has 0 atom stereocenters. The monoisotopic (exact) mass is 292 g/mol. The largest absolute Gasteiger partial charge is 0.355 e. The van der Waals surface area contributed by atoms with Gasteiger partial charge in [0.15, 0.2) is 0 Å². The van der Waals surface area contributed by atoms with E-state index in [4.69, 9.17) is 0 Å². The summed E-state index contributed by atoms with van der Waals surface area (Å²) >= 11 is 0. The first-order valence-electron chi connectivity index (χ1n) is 7.45. The maximum absolute atomic E-state index is 12.0. The maximum Gasteiger partial charge on any atom is 0.251 e. The highest BCUT2D eigenvalue weighted by Crippen LogP contribution is 2.22. The van der Waals surface area contributed by atoms with Gasteiger partial charge in [-0.25, -0.2) is 0 Å². The number of carbonyl (C=O) groups is 1. The Morgan fingerprint density at radius 2 is 1.82 bits per heavy atom. The zero-order valence-corrected chi connectivity index (χ0v) is 13.2. The lowest BCUT2D eigenvalue weighted by atomic mass is 10.1. The summed E-state index contributed by atoms with van der Waals surface area (Å²) in [6.45, 7) is 4.87. The van der Waals surface area contributed by atoms with Crippen LogP contribution >= 0.6 is 0 Å². The van der Waals surface area contributed by atoms with Gasteiger partial charge in [0.25, 0.3) is 5.91 Å². The van der Waals surface area contributed by atoms with E-state index in [0.29, 0.717) is 0 Å². The topological polar surface area (TPSA) is 34.0 Å². The van der Waals surface area contributed by atoms with Crippen molar-refractivity contribution in [3.05, 3.63) is 70.9 Å². The van der Waals surface area contributed by atoms with Gasteiger partial charge in [0, 0.05) is 30.9 Å². The van der Waals surface area contributed by atoms with Crippen molar-refractivity contribution in [2.24, 2.45) is 0 Å². The number of carbonyl (C=O) groups excluding carboxylic acids is 1. The highest BCUT2D eigenvalue weighted by molar-refractivity contribution is 5.99. The van der Waals surface area contributed by atoms with Gasteiger partial charge in [-0.1, -0.05) is 29.8 Å². The van der Waals surface area contributed by atoms with Gasteiger partial charge in [-0.15, -0.1) is 0 Å². The van der Waals surface area contributed by atoms with Crippen LogP contribution in [0.4, 0.5) is 0 Å². The first kappa shape index (κ1) is 14.4. The fourth-order valence-corrected chi connectivity index (χ4v) is 2.76. The lowest BCUT2D eigenvalue weighted by molar-refractivity contribution is 0.0962. The molecule has 3 heteroatoms. The molecule has 22 heavy (non-hydrogen) atoms. The highest BCUT2D eigenvalue weighted by atomic mass is 16.1. The molecule has 0 spiro atoms. The van der Waals surface area contributed by atoms with Gasteiger partial charge in [-0.05, 0) is 48.6 Å². The van der Waals surface area contributed by atoms with Crippen LogP contribution in [0, 0.1) is 13.8 Å². The average molecular weight is 292 g/mol. The van der Waals surface area contributed by atoms with Crippen LogP contribution in [-0.4, -0.2) is 17.5 Å². The highest BCUT2D eigenvalue weighted by Gasteiger charge is 2.11. The summed E-state index contributed by atoms with van der Waals surface area (Å²) in [5.74, 6) is -0.0394. The van der Waals surface area contributed by atoms with E-state index in [1.165, 1.54) is 11.1 Å². The third-order valence-electron chi connectivity index (χ3n) is 4.06.